The van der Waals surface area contributed by atoms with E-state index < -0.39 is 14.7 Å². The molecule has 6 nitrogen and oxygen atoms in total. The van der Waals surface area contributed by atoms with Crippen LogP contribution in [0.2, 0.25) is 0 Å². The van der Waals surface area contributed by atoms with Gasteiger partial charge in [-0.25, -0.2) is 15.3 Å². The number of nitrogens with zero attached hydrogens (tertiary/aromatic N) is 6. The van der Waals surface area contributed by atoms with Gasteiger partial charge >= 0.3 is 42.6 Å². The minimum Gasteiger partial charge on any atom is -0.425 e. The summed E-state index contributed by atoms with van der Waals surface area (Å²) in [7, 11) is 14.7. The van der Waals surface area contributed by atoms with E-state index in [4.69, 9.17) is 27.9 Å². The van der Waals surface area contributed by atoms with Crippen molar-refractivity contribution in [2.24, 2.45) is 0 Å². The van der Waals surface area contributed by atoms with Crippen LogP contribution in [-0.2, 0) is 14.7 Å². The standard InChI is InChI=1S/C9H9BN6.3ClH.Ti/c1-4-11-14(7-1)10(15-8-2-5-12-15)16-9-3-6-13-16;;;;/h1-9H;3*1H;/q-1;;;;+4/p-3. The SMILES string of the molecule is [Cl][Ti+]([Cl])[Cl].c1cnn([B-](n2cccn2)n2cccn2)c1. The molecule has 0 fully saturated rings. The van der Waals surface area contributed by atoms with Crippen LogP contribution in [0.3, 0.4) is 0 Å². The van der Waals surface area contributed by atoms with Gasteiger partial charge in [0.15, 0.2) is 0 Å². The molecule has 0 saturated carbocycles. The smallest absolute Gasteiger partial charge is 0.260 e. The molecule has 0 unspecified atom stereocenters. The summed E-state index contributed by atoms with van der Waals surface area (Å²) in [5, 5.41) is 12.7. The van der Waals surface area contributed by atoms with Gasteiger partial charge in [0.1, 0.15) is 0 Å². The Balaban J connectivity index is 0.000000328. The Morgan fingerprint density at radius 1 is 0.700 bits per heavy atom. The Kier molecular flexibility index (Phi) is 6.19. The molecular weight excluding hydrogens is 357 g/mol. The fraction of sp³-hybridized carbons (Fsp3) is 0. The van der Waals surface area contributed by atoms with Crippen molar-refractivity contribution in [1.82, 2.24) is 29.1 Å². The minimum atomic E-state index is -1.92. The number of rotatable bonds is 3. The molecule has 0 amide bonds. The maximum absolute atomic E-state index is 4.97. The Labute approximate surface area is 133 Å². The Morgan fingerprint density at radius 2 is 1.00 bits per heavy atom. The molecule has 1 radical (unpaired) electrons. The summed E-state index contributed by atoms with van der Waals surface area (Å²) >= 11 is -1.92. The van der Waals surface area contributed by atoms with E-state index in [0.717, 1.165) is 0 Å². The van der Waals surface area contributed by atoms with Crippen LogP contribution in [0.1, 0.15) is 0 Å². The molecule has 0 aromatic carbocycles. The molecule has 20 heavy (non-hydrogen) atoms. The average molecular weight is 366 g/mol. The molecule has 0 saturated heterocycles. The van der Waals surface area contributed by atoms with Crippen LogP contribution in [0, 0.1) is 0 Å². The monoisotopic (exact) mass is 365 g/mol. The average Bonchev–Trinajstić information content (AvgIpc) is 3.13. The van der Waals surface area contributed by atoms with Crippen molar-refractivity contribution < 1.29 is 14.7 Å². The molecular formula is C9H9BCl3N6Ti. The largest absolute Gasteiger partial charge is 0.425 e. The first-order chi connectivity index (χ1) is 9.68. The van der Waals surface area contributed by atoms with Gasteiger partial charge in [0.05, 0.1) is 0 Å². The summed E-state index contributed by atoms with van der Waals surface area (Å²) in [6.07, 6.45) is 10.9. The van der Waals surface area contributed by atoms with Gasteiger partial charge < -0.3 is 13.8 Å². The van der Waals surface area contributed by atoms with Crippen LogP contribution in [0.5, 0.6) is 0 Å². The van der Waals surface area contributed by atoms with Crippen molar-refractivity contribution in [3.05, 3.63) is 55.4 Å². The molecule has 0 aliphatic carbocycles. The van der Waals surface area contributed by atoms with Crippen LogP contribution in [0.15, 0.2) is 55.4 Å². The zero-order valence-corrected chi connectivity index (χ0v) is 13.9. The topological polar surface area (TPSA) is 53.5 Å². The van der Waals surface area contributed by atoms with Crippen molar-refractivity contribution in [3.8, 4) is 0 Å². The molecule has 0 bridgehead atoms. The van der Waals surface area contributed by atoms with Crippen LogP contribution in [0.25, 0.3) is 0 Å². The normalized spacial score (nSPS) is 10.2. The number of hydrogen-bond acceptors (Lipinski definition) is 3. The molecule has 0 atom stereocenters. The Hall–Kier alpha value is -0.721. The van der Waals surface area contributed by atoms with E-state index in [-0.39, 0.29) is 7.12 Å². The van der Waals surface area contributed by atoms with Gasteiger partial charge in [0.2, 0.25) is 0 Å². The van der Waals surface area contributed by atoms with Gasteiger partial charge in [0.25, 0.3) is 7.12 Å². The minimum absolute atomic E-state index is 0.194. The molecule has 3 aromatic rings. The van der Waals surface area contributed by atoms with Crippen molar-refractivity contribution in [2.75, 3.05) is 0 Å². The van der Waals surface area contributed by atoms with Crippen LogP contribution in [0.4, 0.5) is 0 Å². The molecule has 0 N–H and O–H groups in total. The van der Waals surface area contributed by atoms with Gasteiger partial charge in [-0.3, -0.25) is 0 Å². The van der Waals surface area contributed by atoms with Gasteiger partial charge in [0, 0.05) is 18.6 Å². The van der Waals surface area contributed by atoms with E-state index in [1.54, 1.807) is 32.4 Å². The van der Waals surface area contributed by atoms with Crippen LogP contribution in [-0.4, -0.2) is 36.2 Å². The zero-order valence-electron chi connectivity index (χ0n) is 10.1. The summed E-state index contributed by atoms with van der Waals surface area (Å²) < 4.78 is 5.38. The Morgan fingerprint density at radius 3 is 1.20 bits per heavy atom. The van der Waals surface area contributed by atoms with Crippen molar-refractivity contribution in [1.29, 1.82) is 0 Å². The third-order valence-corrected chi connectivity index (χ3v) is 2.28. The van der Waals surface area contributed by atoms with E-state index in [9.17, 15) is 0 Å². The first kappa shape index (κ1) is 15.7. The Bertz CT molecular complexity index is 501. The molecule has 0 aliphatic heterocycles. The predicted molar refractivity (Wildman–Crippen MR) is 76.2 cm³/mol. The summed E-state index contributed by atoms with van der Waals surface area (Å²) in [6.45, 7) is 0. The maximum Gasteiger partial charge on any atom is 0.260 e. The fourth-order valence-electron chi connectivity index (χ4n) is 1.62. The van der Waals surface area contributed by atoms with E-state index in [0.29, 0.717) is 0 Å². The number of aromatic nitrogens is 6. The van der Waals surface area contributed by atoms with Crippen molar-refractivity contribution in [3.63, 3.8) is 0 Å². The maximum atomic E-state index is 4.97. The van der Waals surface area contributed by atoms with Gasteiger partial charge in [-0.1, -0.05) is 0 Å². The van der Waals surface area contributed by atoms with Gasteiger partial charge in [-0.05, 0) is 36.8 Å². The number of hydrogen-bond donors (Lipinski definition) is 0. The van der Waals surface area contributed by atoms with E-state index in [1.165, 1.54) is 0 Å². The molecule has 3 heterocycles. The molecule has 3 aromatic heterocycles. The predicted octanol–water partition coefficient (Wildman–Crippen LogP) is 2.27. The molecule has 103 valence electrons. The third kappa shape index (κ3) is 4.39. The fourth-order valence-corrected chi connectivity index (χ4v) is 1.62. The second kappa shape index (κ2) is 7.90. The molecule has 3 rings (SSSR count). The molecule has 0 spiro atoms. The van der Waals surface area contributed by atoms with E-state index in [1.807, 2.05) is 36.8 Å². The summed E-state index contributed by atoms with van der Waals surface area (Å²) in [4.78, 5) is 0. The second-order valence-electron chi connectivity index (χ2n) is 3.52. The third-order valence-electron chi connectivity index (χ3n) is 2.28. The summed E-state index contributed by atoms with van der Waals surface area (Å²) in [5.41, 5.74) is 0. The van der Waals surface area contributed by atoms with Crippen molar-refractivity contribution >= 4 is 35.0 Å². The van der Waals surface area contributed by atoms with Crippen molar-refractivity contribution in [2.45, 2.75) is 0 Å². The first-order valence-electron chi connectivity index (χ1n) is 5.49. The van der Waals surface area contributed by atoms with Crippen LogP contribution >= 0.6 is 27.9 Å². The second-order valence-corrected chi connectivity index (χ2v) is 11.3. The van der Waals surface area contributed by atoms with E-state index in [2.05, 4.69) is 15.3 Å². The molecule has 11 heteroatoms. The van der Waals surface area contributed by atoms with Gasteiger partial charge in [-0.2, -0.15) is 0 Å². The first-order valence-corrected chi connectivity index (χ1v) is 11.9. The number of halogens is 3. The summed E-state index contributed by atoms with van der Waals surface area (Å²) in [6, 6.07) is 5.62. The van der Waals surface area contributed by atoms with Gasteiger partial charge in [-0.15, -0.1) is 0 Å². The molecule has 0 aliphatic rings. The quantitative estimate of drug-likeness (QED) is 0.669. The van der Waals surface area contributed by atoms with Crippen LogP contribution < -0.4 is 0 Å². The zero-order chi connectivity index (χ0) is 14.4. The van der Waals surface area contributed by atoms with E-state index >= 15 is 0 Å². The summed E-state index contributed by atoms with van der Waals surface area (Å²) in [5.74, 6) is 0.